The number of fused-ring (bicyclic) bond motifs is 1. The predicted molar refractivity (Wildman–Crippen MR) is 155 cm³/mol. The van der Waals surface area contributed by atoms with Crippen molar-refractivity contribution in [2.45, 2.75) is 18.4 Å². The van der Waals surface area contributed by atoms with Crippen LogP contribution >= 0.6 is 38.6 Å². The number of carboxylic acid groups (broad SMARTS) is 1. The van der Waals surface area contributed by atoms with Gasteiger partial charge in [0.1, 0.15) is 4.88 Å². The van der Waals surface area contributed by atoms with Gasteiger partial charge >= 0.3 is 5.97 Å². The molecule has 7 nitrogen and oxygen atoms in total. The molecular weight excluding hydrogens is 594 g/mol. The molecular formula is C26H26BrN3O4S3. The highest BCUT2D eigenvalue weighted by atomic mass is 79.9. The number of benzene rings is 2. The van der Waals surface area contributed by atoms with E-state index >= 15 is 0 Å². The molecule has 0 saturated carbocycles. The fourth-order valence-corrected chi connectivity index (χ4v) is 8.42. The Balaban J connectivity index is 1.39. The van der Waals surface area contributed by atoms with E-state index in [4.69, 9.17) is 0 Å². The van der Waals surface area contributed by atoms with Gasteiger partial charge in [0.25, 0.3) is 10.0 Å². The molecule has 0 radical (unpaired) electrons. The van der Waals surface area contributed by atoms with E-state index in [0.29, 0.717) is 16.6 Å². The van der Waals surface area contributed by atoms with E-state index in [1.807, 2.05) is 24.3 Å². The third-order valence-corrected chi connectivity index (χ3v) is 11.7. The average Bonchev–Trinajstić information content (AvgIpc) is 3.46. The molecule has 1 saturated heterocycles. The Morgan fingerprint density at radius 1 is 1.11 bits per heavy atom. The van der Waals surface area contributed by atoms with Crippen LogP contribution in [0, 0.1) is 6.92 Å². The maximum absolute atomic E-state index is 13.7. The normalized spacial score (nSPS) is 14.8. The Morgan fingerprint density at radius 2 is 1.84 bits per heavy atom. The molecule has 1 aliphatic heterocycles. The maximum Gasteiger partial charge on any atom is 0.346 e. The average molecular weight is 621 g/mol. The van der Waals surface area contributed by atoms with Crippen molar-refractivity contribution in [3.8, 4) is 0 Å². The molecule has 5 rings (SSSR count). The van der Waals surface area contributed by atoms with E-state index in [1.54, 1.807) is 43.5 Å². The van der Waals surface area contributed by atoms with Crippen molar-refractivity contribution in [2.24, 2.45) is 0 Å². The van der Waals surface area contributed by atoms with Crippen LogP contribution in [0.15, 0.2) is 63.3 Å². The number of thiophene rings is 2. The zero-order valence-electron chi connectivity index (χ0n) is 20.3. The van der Waals surface area contributed by atoms with Gasteiger partial charge in [-0.25, -0.2) is 13.2 Å². The molecule has 0 bridgehead atoms. The highest BCUT2D eigenvalue weighted by Gasteiger charge is 2.27. The second-order valence-electron chi connectivity index (χ2n) is 8.94. The van der Waals surface area contributed by atoms with Crippen LogP contribution in [0.3, 0.4) is 0 Å². The van der Waals surface area contributed by atoms with Crippen LogP contribution in [-0.4, -0.2) is 57.6 Å². The molecule has 0 spiro atoms. The lowest BCUT2D eigenvalue weighted by molar-refractivity contribution is 0.0701. The number of rotatable bonds is 7. The van der Waals surface area contributed by atoms with Gasteiger partial charge in [-0.3, -0.25) is 9.21 Å². The largest absolute Gasteiger partial charge is 0.477 e. The van der Waals surface area contributed by atoms with Crippen LogP contribution in [0.1, 0.15) is 20.1 Å². The molecule has 37 heavy (non-hydrogen) atoms. The number of piperazine rings is 1. The molecule has 11 heteroatoms. The molecule has 2 aromatic heterocycles. The number of hydrogen-bond donors (Lipinski definition) is 1. The van der Waals surface area contributed by atoms with Gasteiger partial charge in [0.05, 0.1) is 16.3 Å². The Labute approximate surface area is 232 Å². The number of anilines is 2. The van der Waals surface area contributed by atoms with Crippen molar-refractivity contribution in [1.82, 2.24) is 4.90 Å². The van der Waals surface area contributed by atoms with Gasteiger partial charge in [0.15, 0.2) is 0 Å². The Hall–Kier alpha value is -2.44. The number of halogens is 1. The molecule has 3 heterocycles. The molecule has 1 aliphatic rings. The highest BCUT2D eigenvalue weighted by molar-refractivity contribution is 9.10. The first-order valence-electron chi connectivity index (χ1n) is 11.7. The van der Waals surface area contributed by atoms with E-state index < -0.39 is 16.0 Å². The van der Waals surface area contributed by atoms with Gasteiger partial charge in [0.2, 0.25) is 0 Å². The zero-order chi connectivity index (χ0) is 26.3. The first-order valence-corrected chi connectivity index (χ1v) is 15.6. The summed E-state index contributed by atoms with van der Waals surface area (Å²) in [5, 5.41) is 12.2. The number of carboxylic acids is 1. The first-order chi connectivity index (χ1) is 17.7. The van der Waals surface area contributed by atoms with Crippen molar-refractivity contribution in [3.63, 3.8) is 0 Å². The van der Waals surface area contributed by atoms with Crippen LogP contribution in [-0.2, 0) is 16.6 Å². The number of carbonyl (C=O) groups is 1. The fraction of sp³-hybridized carbons (Fsp3) is 0.269. The second kappa shape index (κ2) is 10.4. The Kier molecular flexibility index (Phi) is 7.34. The third-order valence-electron chi connectivity index (χ3n) is 6.75. The summed E-state index contributed by atoms with van der Waals surface area (Å²) in [7, 11) is -2.30. The lowest BCUT2D eigenvalue weighted by Crippen LogP contribution is -2.46. The van der Waals surface area contributed by atoms with Crippen LogP contribution in [0.25, 0.3) is 10.1 Å². The van der Waals surface area contributed by atoms with Gasteiger partial charge in [-0.1, -0.05) is 12.1 Å². The second-order valence-corrected chi connectivity index (χ2v) is 13.8. The molecule has 0 amide bonds. The summed E-state index contributed by atoms with van der Waals surface area (Å²) in [6.45, 7) is 5.98. The zero-order valence-corrected chi connectivity index (χ0v) is 24.4. The number of sulfonamides is 1. The molecule has 1 N–H and O–H groups in total. The molecule has 194 valence electrons. The molecule has 2 aromatic carbocycles. The van der Waals surface area contributed by atoms with Crippen LogP contribution in [0.4, 0.5) is 11.4 Å². The number of aromatic carboxylic acids is 1. The highest BCUT2D eigenvalue weighted by Crippen LogP contribution is 2.36. The molecule has 0 unspecified atom stereocenters. The van der Waals surface area contributed by atoms with E-state index in [9.17, 15) is 18.3 Å². The minimum Gasteiger partial charge on any atom is -0.477 e. The van der Waals surface area contributed by atoms with E-state index in [0.717, 1.165) is 58.9 Å². The lowest BCUT2D eigenvalue weighted by Gasteiger charge is -2.37. The molecule has 0 atom stereocenters. The van der Waals surface area contributed by atoms with Crippen LogP contribution in [0.5, 0.6) is 0 Å². The fourth-order valence-electron chi connectivity index (χ4n) is 4.64. The van der Waals surface area contributed by atoms with E-state index in [2.05, 4.69) is 37.2 Å². The van der Waals surface area contributed by atoms with Crippen molar-refractivity contribution in [3.05, 3.63) is 73.7 Å². The minimum absolute atomic E-state index is 0.140. The summed E-state index contributed by atoms with van der Waals surface area (Å²) in [6.07, 6.45) is 0. The number of aryl methyl sites for hydroxylation is 1. The quantitative estimate of drug-likeness (QED) is 0.278. The van der Waals surface area contributed by atoms with Crippen LogP contribution in [0.2, 0.25) is 0 Å². The van der Waals surface area contributed by atoms with Gasteiger partial charge in [-0.2, -0.15) is 0 Å². The number of para-hydroxylation sites is 2. The van der Waals surface area contributed by atoms with E-state index in [1.165, 1.54) is 9.18 Å². The molecule has 0 aliphatic carbocycles. The summed E-state index contributed by atoms with van der Waals surface area (Å²) in [4.78, 5) is 17.9. The van der Waals surface area contributed by atoms with Crippen molar-refractivity contribution in [2.75, 3.05) is 42.4 Å². The Bertz CT molecular complexity index is 1570. The number of nitrogens with zero attached hydrogens (tertiary/aromatic N) is 3. The predicted octanol–water partition coefficient (Wildman–Crippen LogP) is 5.88. The van der Waals surface area contributed by atoms with Crippen molar-refractivity contribution < 1.29 is 18.3 Å². The summed E-state index contributed by atoms with van der Waals surface area (Å²) >= 11 is 6.52. The smallest absolute Gasteiger partial charge is 0.346 e. The first kappa shape index (κ1) is 26.2. The van der Waals surface area contributed by atoms with Crippen LogP contribution < -0.4 is 9.21 Å². The Morgan fingerprint density at radius 3 is 2.51 bits per heavy atom. The summed E-state index contributed by atoms with van der Waals surface area (Å²) in [6, 6.07) is 14.5. The van der Waals surface area contributed by atoms with Crippen molar-refractivity contribution >= 4 is 76.1 Å². The standard InChI is InChI=1S/C26H26BrN3O4S3/c1-17-19-15-18(7-8-23(19)36-25(17)26(31)32)37(33,34)28(2)21-5-3-4-6-22(21)30-12-10-29(11-13-30)16-24-20(27)9-14-35-24/h3-9,14-15H,10-13,16H2,1-2H3,(H,31,32). The van der Waals surface area contributed by atoms with Gasteiger partial charge in [-0.05, 0) is 75.6 Å². The minimum atomic E-state index is -3.87. The molecule has 1 fully saturated rings. The third kappa shape index (κ3) is 5.03. The maximum atomic E-state index is 13.7. The lowest BCUT2D eigenvalue weighted by atomic mass is 10.1. The van der Waals surface area contributed by atoms with E-state index in [-0.39, 0.29) is 9.77 Å². The topological polar surface area (TPSA) is 81.2 Å². The van der Waals surface area contributed by atoms with Gasteiger partial charge < -0.3 is 10.0 Å². The summed E-state index contributed by atoms with van der Waals surface area (Å²) < 4.78 is 30.6. The number of hydrogen-bond acceptors (Lipinski definition) is 7. The summed E-state index contributed by atoms with van der Waals surface area (Å²) in [5.74, 6) is -1.00. The summed E-state index contributed by atoms with van der Waals surface area (Å²) in [5.41, 5.74) is 2.08. The van der Waals surface area contributed by atoms with Crippen molar-refractivity contribution in [1.29, 1.82) is 0 Å². The van der Waals surface area contributed by atoms with Gasteiger partial charge in [0, 0.05) is 53.8 Å². The molecule has 4 aromatic rings. The SMILES string of the molecule is Cc1c(C(=O)O)sc2ccc(S(=O)(=O)N(C)c3ccccc3N3CCN(Cc4sccc4Br)CC3)cc12. The monoisotopic (exact) mass is 619 g/mol. The van der Waals surface area contributed by atoms with Gasteiger partial charge in [-0.15, -0.1) is 22.7 Å².